The Hall–Kier alpha value is -1.24. The molecule has 0 saturated carbocycles. The molecule has 0 amide bonds. The van der Waals surface area contributed by atoms with E-state index in [0.717, 1.165) is 61.4 Å². The fourth-order valence-corrected chi connectivity index (χ4v) is 9.17. The monoisotopic (exact) mass is 490 g/mol. The van der Waals surface area contributed by atoms with Gasteiger partial charge in [-0.15, -0.1) is 0 Å². The van der Waals surface area contributed by atoms with Gasteiger partial charge in [-0.05, 0) is 81.0 Å². The van der Waals surface area contributed by atoms with E-state index in [1.54, 1.807) is 0 Å². The van der Waals surface area contributed by atoms with Crippen LogP contribution in [-0.2, 0) is 23.5 Å². The molecule has 6 heteroatoms. The molecule has 4 rings (SSSR count). The summed E-state index contributed by atoms with van der Waals surface area (Å²) in [4.78, 5) is 26.2. The summed E-state index contributed by atoms with van der Waals surface area (Å²) in [7, 11) is -2.07. The fraction of sp³-hybridized carbons (Fsp3) is 0.786. The maximum atomic E-state index is 14.4. The van der Waals surface area contributed by atoms with Crippen LogP contribution < -0.4 is 0 Å². The van der Waals surface area contributed by atoms with Crippen molar-refractivity contribution in [3.8, 4) is 0 Å². The SMILES string of the molecule is CC[Si](CC)(CC)O[C@@H]1C(=O)C2=C(COC(C)=O)[C@@]3(C)CC/C(C)=C/CC[C@]1(C)O[C@@H]2C[C@H]3C. The summed E-state index contributed by atoms with van der Waals surface area (Å²) in [5.74, 6) is 0.0649. The number of hydrogen-bond acceptors (Lipinski definition) is 5. The van der Waals surface area contributed by atoms with Gasteiger partial charge < -0.3 is 13.9 Å². The van der Waals surface area contributed by atoms with Gasteiger partial charge in [-0.1, -0.05) is 46.3 Å². The molecule has 0 aromatic carbocycles. The van der Waals surface area contributed by atoms with Crippen LogP contribution in [0.25, 0.3) is 0 Å². The molecular formula is C28H46O5Si. The molecule has 0 radical (unpaired) electrons. The van der Waals surface area contributed by atoms with Gasteiger partial charge in [-0.3, -0.25) is 9.59 Å². The van der Waals surface area contributed by atoms with Crippen molar-refractivity contribution in [2.24, 2.45) is 11.3 Å². The molecule has 0 N–H and O–H groups in total. The van der Waals surface area contributed by atoms with E-state index >= 15 is 0 Å². The average molecular weight is 491 g/mol. The van der Waals surface area contributed by atoms with Crippen molar-refractivity contribution in [3.63, 3.8) is 0 Å². The third-order valence-corrected chi connectivity index (χ3v) is 14.0. The van der Waals surface area contributed by atoms with E-state index in [1.807, 2.05) is 0 Å². The Labute approximate surface area is 207 Å². The molecule has 2 aliphatic carbocycles. The van der Waals surface area contributed by atoms with Crippen LogP contribution in [0.1, 0.15) is 87.5 Å². The molecular weight excluding hydrogens is 444 g/mol. The molecule has 192 valence electrons. The zero-order valence-corrected chi connectivity index (χ0v) is 23.7. The predicted molar refractivity (Wildman–Crippen MR) is 138 cm³/mol. The van der Waals surface area contributed by atoms with Crippen molar-refractivity contribution in [2.75, 3.05) is 6.61 Å². The van der Waals surface area contributed by atoms with Gasteiger partial charge in [0, 0.05) is 12.5 Å². The number of rotatable bonds is 7. The first-order valence-electron chi connectivity index (χ1n) is 13.4. The normalized spacial score (nSPS) is 36.1. The van der Waals surface area contributed by atoms with Gasteiger partial charge in [0.15, 0.2) is 14.1 Å². The molecule has 5 nitrogen and oxygen atoms in total. The Bertz CT molecular complexity index is 849. The number of ether oxygens (including phenoxy) is 2. The number of carbonyl (C=O) groups excluding carboxylic acids is 2. The Morgan fingerprint density at radius 1 is 1.18 bits per heavy atom. The van der Waals surface area contributed by atoms with Gasteiger partial charge in [0.2, 0.25) is 0 Å². The molecule has 0 unspecified atom stereocenters. The van der Waals surface area contributed by atoms with Crippen LogP contribution in [-0.4, -0.2) is 44.5 Å². The van der Waals surface area contributed by atoms with Gasteiger partial charge in [-0.25, -0.2) is 0 Å². The maximum absolute atomic E-state index is 14.4. The Kier molecular flexibility index (Phi) is 8.36. The van der Waals surface area contributed by atoms with E-state index in [2.05, 4.69) is 54.5 Å². The van der Waals surface area contributed by atoms with Crippen LogP contribution in [0, 0.1) is 11.3 Å². The van der Waals surface area contributed by atoms with Gasteiger partial charge in [0.1, 0.15) is 12.7 Å². The number of ketones is 1. The molecule has 2 heterocycles. The van der Waals surface area contributed by atoms with Crippen molar-refractivity contribution in [2.45, 2.75) is 123 Å². The lowest BCUT2D eigenvalue weighted by Crippen LogP contribution is -2.62. The minimum Gasteiger partial charge on any atom is -0.461 e. The number of allylic oxidation sites excluding steroid dienone is 2. The second-order valence-electron chi connectivity index (χ2n) is 11.3. The van der Waals surface area contributed by atoms with Crippen molar-refractivity contribution < 1.29 is 23.5 Å². The van der Waals surface area contributed by atoms with E-state index in [1.165, 1.54) is 12.5 Å². The zero-order chi connectivity index (χ0) is 25.3. The topological polar surface area (TPSA) is 61.8 Å². The van der Waals surface area contributed by atoms with E-state index in [4.69, 9.17) is 13.9 Å². The quantitative estimate of drug-likeness (QED) is 0.231. The van der Waals surface area contributed by atoms with E-state index in [9.17, 15) is 9.59 Å². The molecule has 4 aliphatic rings. The lowest BCUT2D eigenvalue weighted by molar-refractivity contribution is -0.178. The molecule has 0 aromatic heterocycles. The molecule has 1 fully saturated rings. The van der Waals surface area contributed by atoms with Gasteiger partial charge in [-0.2, -0.15) is 0 Å². The lowest BCUT2D eigenvalue weighted by atomic mass is 9.59. The Balaban J connectivity index is 2.21. The number of fused-ring (bicyclic) bond motifs is 6. The van der Waals surface area contributed by atoms with Gasteiger partial charge in [0.05, 0.1) is 11.7 Å². The maximum Gasteiger partial charge on any atom is 0.302 e. The van der Waals surface area contributed by atoms with Gasteiger partial charge in [0.25, 0.3) is 0 Å². The van der Waals surface area contributed by atoms with Gasteiger partial charge >= 0.3 is 5.97 Å². The summed E-state index contributed by atoms with van der Waals surface area (Å²) < 4.78 is 19.4. The zero-order valence-electron chi connectivity index (χ0n) is 22.7. The van der Waals surface area contributed by atoms with Crippen molar-refractivity contribution >= 4 is 20.1 Å². The van der Waals surface area contributed by atoms with Crippen LogP contribution in [0.5, 0.6) is 0 Å². The minimum atomic E-state index is -2.07. The Morgan fingerprint density at radius 2 is 1.82 bits per heavy atom. The molecule has 1 saturated heterocycles. The average Bonchev–Trinajstić information content (AvgIpc) is 2.78. The Morgan fingerprint density at radius 3 is 2.41 bits per heavy atom. The number of Topliss-reactive ketones (excluding diaryl/α,β-unsaturated/α-hetero) is 1. The van der Waals surface area contributed by atoms with Crippen LogP contribution in [0.4, 0.5) is 0 Å². The molecule has 0 spiro atoms. The van der Waals surface area contributed by atoms with Crippen molar-refractivity contribution in [1.82, 2.24) is 0 Å². The summed E-state index contributed by atoms with van der Waals surface area (Å²) in [5.41, 5.74) is 2.16. The highest BCUT2D eigenvalue weighted by atomic mass is 28.4. The van der Waals surface area contributed by atoms with Crippen LogP contribution in [0.15, 0.2) is 22.8 Å². The molecule has 34 heavy (non-hydrogen) atoms. The molecule has 5 atom stereocenters. The first-order valence-corrected chi connectivity index (χ1v) is 15.9. The second kappa shape index (κ2) is 10.4. The van der Waals surface area contributed by atoms with Crippen LogP contribution >= 0.6 is 0 Å². The minimum absolute atomic E-state index is 0.0764. The van der Waals surface area contributed by atoms with E-state index in [0.29, 0.717) is 5.92 Å². The molecule has 0 aromatic rings. The summed E-state index contributed by atoms with van der Waals surface area (Å²) in [5, 5.41) is 0. The third kappa shape index (κ3) is 5.01. The lowest BCUT2D eigenvalue weighted by Gasteiger charge is -2.53. The third-order valence-electron chi connectivity index (χ3n) is 9.35. The van der Waals surface area contributed by atoms with Crippen molar-refractivity contribution in [3.05, 3.63) is 22.8 Å². The first-order chi connectivity index (χ1) is 15.9. The van der Waals surface area contributed by atoms with E-state index in [-0.39, 0.29) is 29.9 Å². The van der Waals surface area contributed by atoms with Crippen LogP contribution in [0.3, 0.4) is 0 Å². The number of esters is 1. The highest BCUT2D eigenvalue weighted by Gasteiger charge is 2.56. The molecule has 2 aliphatic heterocycles. The molecule has 4 bridgehead atoms. The van der Waals surface area contributed by atoms with Crippen LogP contribution in [0.2, 0.25) is 18.1 Å². The first kappa shape index (κ1) is 27.3. The number of hydrogen-bond donors (Lipinski definition) is 0. The summed E-state index contributed by atoms with van der Waals surface area (Å²) in [6, 6.07) is 2.95. The highest BCUT2D eigenvalue weighted by molar-refractivity contribution is 6.73. The summed E-state index contributed by atoms with van der Waals surface area (Å²) in [6.45, 7) is 17.0. The number of carbonyl (C=O) groups is 2. The second-order valence-corrected chi connectivity index (χ2v) is 16.1. The predicted octanol–water partition coefficient (Wildman–Crippen LogP) is 6.53. The summed E-state index contributed by atoms with van der Waals surface area (Å²) in [6.07, 6.45) is 5.80. The highest BCUT2D eigenvalue weighted by Crippen LogP contribution is 2.53. The van der Waals surface area contributed by atoms with Crippen molar-refractivity contribution in [1.29, 1.82) is 0 Å². The standard InChI is InChI=1S/C28H46O5Si/c1-9-34(10-2,11-3)33-26-25(30)24-22(18-31-21(6)29)27(7)16-14-19(4)13-12-15-28(26,8)32-23(24)17-20(27)5/h13,20,23,26H,9-12,14-18H2,1-8H3/b19-13+/t20-,23-,26-,27+,28+/m1/s1. The van der Waals surface area contributed by atoms with E-state index < -0.39 is 20.0 Å². The largest absolute Gasteiger partial charge is 0.461 e. The fourth-order valence-electron chi connectivity index (χ4n) is 6.31. The smallest absolute Gasteiger partial charge is 0.302 e. The summed E-state index contributed by atoms with van der Waals surface area (Å²) >= 11 is 0.